The zero-order valence-corrected chi connectivity index (χ0v) is 18.5. The maximum Gasteiger partial charge on any atom is 0.319 e. The van der Waals surface area contributed by atoms with E-state index in [1.165, 1.54) is 5.56 Å². The fourth-order valence-electron chi connectivity index (χ4n) is 4.47. The summed E-state index contributed by atoms with van der Waals surface area (Å²) in [5, 5.41) is 6.08. The Hall–Kier alpha value is -4.38. The number of benzene rings is 4. The van der Waals surface area contributed by atoms with E-state index in [0.717, 1.165) is 45.7 Å². The Kier molecular flexibility index (Phi) is 5.07. The number of urea groups is 1. The molecule has 2 amide bonds. The Balaban J connectivity index is 1.16. The van der Waals surface area contributed by atoms with Crippen LogP contribution in [0.5, 0.6) is 0 Å². The monoisotopic (exact) mass is 444 g/mol. The van der Waals surface area contributed by atoms with Crippen LogP contribution in [-0.4, -0.2) is 22.0 Å². The number of hydrogen-bond acceptors (Lipinski definition) is 2. The molecule has 5 heteroatoms. The number of amides is 2. The Bertz CT molecular complexity index is 1440. The summed E-state index contributed by atoms with van der Waals surface area (Å²) in [6, 6.07) is 34.6. The number of imidazole rings is 1. The number of carbonyl (C=O) groups is 1. The van der Waals surface area contributed by atoms with Crippen molar-refractivity contribution in [3.63, 3.8) is 0 Å². The van der Waals surface area contributed by atoms with E-state index < -0.39 is 0 Å². The van der Waals surface area contributed by atoms with Gasteiger partial charge in [0.15, 0.2) is 0 Å². The van der Waals surface area contributed by atoms with Crippen molar-refractivity contribution in [2.45, 2.75) is 18.4 Å². The number of nitrogens with one attached hydrogen (secondary N) is 3. The number of rotatable bonds is 5. The van der Waals surface area contributed by atoms with Gasteiger partial charge < -0.3 is 15.6 Å². The van der Waals surface area contributed by atoms with Crippen molar-refractivity contribution in [1.29, 1.82) is 0 Å². The maximum absolute atomic E-state index is 12.6. The van der Waals surface area contributed by atoms with Gasteiger partial charge in [-0.3, -0.25) is 0 Å². The van der Waals surface area contributed by atoms with Gasteiger partial charge in [0.25, 0.3) is 0 Å². The molecule has 2 atom stereocenters. The topological polar surface area (TPSA) is 69.8 Å². The minimum absolute atomic E-state index is 0.170. The van der Waals surface area contributed by atoms with Crippen LogP contribution >= 0.6 is 0 Å². The van der Waals surface area contributed by atoms with Gasteiger partial charge in [-0.15, -0.1) is 0 Å². The average Bonchev–Trinajstić information content (AvgIpc) is 3.50. The number of aromatic nitrogens is 2. The zero-order chi connectivity index (χ0) is 22.9. The van der Waals surface area contributed by atoms with E-state index in [0.29, 0.717) is 5.92 Å². The van der Waals surface area contributed by atoms with Crippen LogP contribution in [0.1, 0.15) is 17.9 Å². The number of carbonyl (C=O) groups excluding carboxylic acids is 1. The van der Waals surface area contributed by atoms with Gasteiger partial charge in [0.05, 0.1) is 11.0 Å². The predicted octanol–water partition coefficient (Wildman–Crippen LogP) is 6.57. The molecule has 5 aromatic rings. The fraction of sp³-hybridized carbons (Fsp3) is 0.103. The molecule has 34 heavy (non-hydrogen) atoms. The average molecular weight is 445 g/mol. The van der Waals surface area contributed by atoms with Crippen molar-refractivity contribution in [1.82, 2.24) is 15.3 Å². The first-order valence-corrected chi connectivity index (χ1v) is 11.5. The van der Waals surface area contributed by atoms with Crippen LogP contribution < -0.4 is 10.6 Å². The predicted molar refractivity (Wildman–Crippen MR) is 137 cm³/mol. The number of fused-ring (bicyclic) bond motifs is 1. The van der Waals surface area contributed by atoms with E-state index in [4.69, 9.17) is 4.98 Å². The van der Waals surface area contributed by atoms with Crippen molar-refractivity contribution in [2.75, 3.05) is 5.32 Å². The van der Waals surface area contributed by atoms with Crippen molar-refractivity contribution in [2.24, 2.45) is 0 Å². The van der Waals surface area contributed by atoms with Gasteiger partial charge in [0, 0.05) is 23.2 Å². The third-order valence-electron chi connectivity index (χ3n) is 6.31. The molecule has 0 radical (unpaired) electrons. The number of para-hydroxylation sites is 2. The summed E-state index contributed by atoms with van der Waals surface area (Å²) in [6.07, 6.45) is 0.978. The van der Waals surface area contributed by atoms with Crippen LogP contribution in [0.2, 0.25) is 0 Å². The molecule has 6 rings (SSSR count). The number of anilines is 1. The standard InChI is InChI=1S/C29H24N4O/c34-29(33-27-18-24(27)19-8-2-1-3-9-19)30-23-13-7-11-21(17-23)20-10-6-12-22(16-20)28-31-25-14-4-5-15-26(25)32-28/h1-17,24,27H,18H2,(H,31,32)(H2,30,33,34)/t24-,27+/m0/s1. The molecule has 5 nitrogen and oxygen atoms in total. The van der Waals surface area contributed by atoms with Crippen LogP contribution in [-0.2, 0) is 0 Å². The third-order valence-corrected chi connectivity index (χ3v) is 6.31. The first kappa shape index (κ1) is 20.2. The van der Waals surface area contributed by atoms with Crippen molar-refractivity contribution in [3.8, 4) is 22.5 Å². The molecule has 0 saturated heterocycles. The molecular formula is C29H24N4O. The second-order valence-corrected chi connectivity index (χ2v) is 8.72. The minimum atomic E-state index is -0.170. The molecule has 0 aliphatic heterocycles. The molecule has 1 fully saturated rings. The van der Waals surface area contributed by atoms with Gasteiger partial charge in [0.1, 0.15) is 5.82 Å². The molecule has 4 aromatic carbocycles. The van der Waals surface area contributed by atoms with Crippen molar-refractivity contribution < 1.29 is 4.79 Å². The molecular weight excluding hydrogens is 420 g/mol. The lowest BCUT2D eigenvalue weighted by molar-refractivity contribution is 0.251. The number of H-pyrrole nitrogens is 1. The van der Waals surface area contributed by atoms with Crippen LogP contribution in [0.3, 0.4) is 0 Å². The quantitative estimate of drug-likeness (QED) is 0.287. The highest BCUT2D eigenvalue weighted by atomic mass is 16.2. The van der Waals surface area contributed by atoms with E-state index in [9.17, 15) is 4.79 Å². The SMILES string of the molecule is O=C(Nc1cccc(-c2cccc(-c3nc4ccccc4[nH]3)c2)c1)N[C@@H]1C[C@H]1c1ccccc1. The first-order chi connectivity index (χ1) is 16.7. The molecule has 1 aromatic heterocycles. The van der Waals surface area contributed by atoms with Crippen LogP contribution in [0, 0.1) is 0 Å². The van der Waals surface area contributed by atoms with Gasteiger partial charge in [-0.05, 0) is 53.4 Å². The number of hydrogen-bond donors (Lipinski definition) is 3. The molecule has 0 unspecified atom stereocenters. The van der Waals surface area contributed by atoms with Crippen molar-refractivity contribution in [3.05, 3.63) is 109 Å². The molecule has 1 aliphatic carbocycles. The van der Waals surface area contributed by atoms with Crippen molar-refractivity contribution >= 4 is 22.8 Å². The van der Waals surface area contributed by atoms with Crippen LogP contribution in [0.15, 0.2) is 103 Å². The molecule has 0 bridgehead atoms. The molecule has 1 heterocycles. The lowest BCUT2D eigenvalue weighted by Gasteiger charge is -2.10. The van der Waals surface area contributed by atoms with Gasteiger partial charge in [-0.2, -0.15) is 0 Å². The van der Waals surface area contributed by atoms with E-state index in [1.54, 1.807) is 0 Å². The van der Waals surface area contributed by atoms with E-state index in [2.05, 4.69) is 45.9 Å². The molecule has 0 spiro atoms. The Morgan fingerprint density at radius 1 is 0.794 bits per heavy atom. The molecule has 1 aliphatic rings. The van der Waals surface area contributed by atoms with Crippen LogP contribution in [0.25, 0.3) is 33.5 Å². The fourth-order valence-corrected chi connectivity index (χ4v) is 4.47. The summed E-state index contributed by atoms with van der Waals surface area (Å²) >= 11 is 0. The zero-order valence-electron chi connectivity index (χ0n) is 18.5. The third kappa shape index (κ3) is 4.16. The largest absolute Gasteiger partial charge is 0.338 e. The van der Waals surface area contributed by atoms with Gasteiger partial charge in [-0.25, -0.2) is 9.78 Å². The number of aromatic amines is 1. The lowest BCUT2D eigenvalue weighted by Crippen LogP contribution is -2.31. The highest BCUT2D eigenvalue weighted by Crippen LogP contribution is 2.40. The minimum Gasteiger partial charge on any atom is -0.338 e. The highest BCUT2D eigenvalue weighted by Gasteiger charge is 2.39. The van der Waals surface area contributed by atoms with Gasteiger partial charge in [-0.1, -0.05) is 72.8 Å². The first-order valence-electron chi connectivity index (χ1n) is 11.5. The Morgan fingerprint density at radius 3 is 2.38 bits per heavy atom. The molecule has 1 saturated carbocycles. The highest BCUT2D eigenvalue weighted by molar-refractivity contribution is 5.91. The second kappa shape index (κ2) is 8.52. The summed E-state index contributed by atoms with van der Waals surface area (Å²) in [4.78, 5) is 20.7. The smallest absolute Gasteiger partial charge is 0.319 e. The molecule has 166 valence electrons. The number of nitrogens with zero attached hydrogens (tertiary/aromatic N) is 1. The summed E-state index contributed by atoms with van der Waals surface area (Å²) in [6.45, 7) is 0. The Labute approximate surface area is 197 Å². The second-order valence-electron chi connectivity index (χ2n) is 8.72. The van der Waals surface area contributed by atoms with Gasteiger partial charge in [0.2, 0.25) is 0 Å². The Morgan fingerprint density at radius 2 is 1.53 bits per heavy atom. The summed E-state index contributed by atoms with van der Waals surface area (Å²) < 4.78 is 0. The van der Waals surface area contributed by atoms with E-state index >= 15 is 0 Å². The summed E-state index contributed by atoms with van der Waals surface area (Å²) in [7, 11) is 0. The van der Waals surface area contributed by atoms with Gasteiger partial charge >= 0.3 is 6.03 Å². The lowest BCUT2D eigenvalue weighted by atomic mass is 10.0. The molecule has 3 N–H and O–H groups in total. The maximum atomic E-state index is 12.6. The van der Waals surface area contributed by atoms with Crippen LogP contribution in [0.4, 0.5) is 10.5 Å². The summed E-state index contributed by atoms with van der Waals surface area (Å²) in [5.41, 5.74) is 7.12. The van der Waals surface area contributed by atoms with E-state index in [1.807, 2.05) is 72.8 Å². The van der Waals surface area contributed by atoms with E-state index in [-0.39, 0.29) is 12.1 Å². The normalized spacial score (nSPS) is 16.8. The summed E-state index contributed by atoms with van der Waals surface area (Å²) in [5.74, 6) is 1.24.